The van der Waals surface area contributed by atoms with Gasteiger partial charge in [-0.1, -0.05) is 0 Å². The fraction of sp³-hybridized carbons (Fsp3) is 0.455. The topological polar surface area (TPSA) is 71.8 Å². The Bertz CT molecular complexity index is 514. The molecule has 0 amide bonds. The Kier molecular flexibility index (Phi) is 4.56. The standard InChI is InChI=1S/C11H17N7S/c1-12-9-14-10(17(2)7-8-19-3)16-11(15-9)18-6-4-5-13-18/h4-6H,7-8H2,1-3H3,(H,12,14,15,16). The minimum absolute atomic E-state index is 0.510. The lowest BCUT2D eigenvalue weighted by Crippen LogP contribution is -2.24. The van der Waals surface area contributed by atoms with E-state index in [1.807, 2.05) is 18.0 Å². The SMILES string of the molecule is CNc1nc(N(C)CCSC)nc(-n2cccn2)n1. The van der Waals surface area contributed by atoms with Crippen LogP contribution in [-0.2, 0) is 0 Å². The van der Waals surface area contributed by atoms with Gasteiger partial charge in [0.25, 0.3) is 5.95 Å². The van der Waals surface area contributed by atoms with E-state index in [1.165, 1.54) is 0 Å². The summed E-state index contributed by atoms with van der Waals surface area (Å²) >= 11 is 1.79. The molecular formula is C11H17N7S. The molecule has 0 saturated carbocycles. The third kappa shape index (κ3) is 3.34. The normalized spacial score (nSPS) is 10.5. The molecule has 0 aliphatic rings. The van der Waals surface area contributed by atoms with Crippen molar-refractivity contribution >= 4 is 23.7 Å². The Balaban J connectivity index is 2.31. The third-order valence-electron chi connectivity index (χ3n) is 2.52. The second-order valence-electron chi connectivity index (χ2n) is 3.87. The molecule has 8 heteroatoms. The van der Waals surface area contributed by atoms with E-state index < -0.39 is 0 Å². The summed E-state index contributed by atoms with van der Waals surface area (Å²) in [5, 5.41) is 7.08. The highest BCUT2D eigenvalue weighted by Gasteiger charge is 2.10. The quantitative estimate of drug-likeness (QED) is 0.842. The van der Waals surface area contributed by atoms with Gasteiger partial charge in [0.1, 0.15) is 0 Å². The highest BCUT2D eigenvalue weighted by molar-refractivity contribution is 7.98. The van der Waals surface area contributed by atoms with Crippen molar-refractivity contribution in [3.8, 4) is 5.95 Å². The van der Waals surface area contributed by atoms with Gasteiger partial charge in [0, 0.05) is 38.8 Å². The van der Waals surface area contributed by atoms with Gasteiger partial charge < -0.3 is 10.2 Å². The molecule has 0 aliphatic carbocycles. The van der Waals surface area contributed by atoms with Crippen LogP contribution in [0.5, 0.6) is 0 Å². The predicted octanol–water partition coefficient (Wildman–Crippen LogP) is 0.898. The molecule has 102 valence electrons. The summed E-state index contributed by atoms with van der Waals surface area (Å²) in [6, 6.07) is 1.83. The van der Waals surface area contributed by atoms with Crippen LogP contribution >= 0.6 is 11.8 Å². The maximum Gasteiger partial charge on any atom is 0.257 e. The molecule has 0 aromatic carbocycles. The Morgan fingerprint density at radius 3 is 2.84 bits per heavy atom. The maximum absolute atomic E-state index is 4.43. The summed E-state index contributed by atoms with van der Waals surface area (Å²) in [7, 11) is 3.76. The Labute approximate surface area is 116 Å². The van der Waals surface area contributed by atoms with E-state index in [9.17, 15) is 0 Å². The number of hydrogen-bond donors (Lipinski definition) is 1. The van der Waals surface area contributed by atoms with Crippen molar-refractivity contribution in [3.63, 3.8) is 0 Å². The first-order valence-electron chi connectivity index (χ1n) is 5.88. The highest BCUT2D eigenvalue weighted by atomic mass is 32.2. The molecule has 0 aliphatic heterocycles. The molecular weight excluding hydrogens is 262 g/mol. The fourth-order valence-corrected chi connectivity index (χ4v) is 1.91. The smallest absolute Gasteiger partial charge is 0.257 e. The van der Waals surface area contributed by atoms with Gasteiger partial charge in [-0.05, 0) is 12.3 Å². The lowest BCUT2D eigenvalue weighted by atomic mass is 10.6. The third-order valence-corrected chi connectivity index (χ3v) is 3.11. The average Bonchev–Trinajstić information content (AvgIpc) is 2.98. The molecule has 2 aromatic rings. The van der Waals surface area contributed by atoms with Crippen LogP contribution in [0.25, 0.3) is 5.95 Å². The molecule has 1 N–H and O–H groups in total. The number of rotatable bonds is 6. The van der Waals surface area contributed by atoms with Crippen LogP contribution in [0.4, 0.5) is 11.9 Å². The van der Waals surface area contributed by atoms with Gasteiger partial charge in [0.2, 0.25) is 11.9 Å². The summed E-state index contributed by atoms with van der Waals surface area (Å²) in [5.41, 5.74) is 0. The number of nitrogens with one attached hydrogen (secondary N) is 1. The molecule has 2 rings (SSSR count). The first-order valence-corrected chi connectivity index (χ1v) is 7.28. The highest BCUT2D eigenvalue weighted by Crippen LogP contribution is 2.11. The summed E-state index contributed by atoms with van der Waals surface area (Å²) in [5.74, 6) is 2.70. The molecule has 0 spiro atoms. The molecule has 0 fully saturated rings. The van der Waals surface area contributed by atoms with E-state index in [4.69, 9.17) is 0 Å². The van der Waals surface area contributed by atoms with Gasteiger partial charge >= 0.3 is 0 Å². The number of anilines is 2. The molecule has 0 saturated heterocycles. The summed E-state index contributed by atoms with van der Waals surface area (Å²) in [4.78, 5) is 15.1. The fourth-order valence-electron chi connectivity index (χ4n) is 1.45. The minimum Gasteiger partial charge on any atom is -0.357 e. The van der Waals surface area contributed by atoms with Crippen LogP contribution in [0.15, 0.2) is 18.5 Å². The van der Waals surface area contributed by atoms with E-state index in [0.29, 0.717) is 17.8 Å². The van der Waals surface area contributed by atoms with E-state index in [-0.39, 0.29) is 0 Å². The monoisotopic (exact) mass is 279 g/mol. The molecule has 0 bridgehead atoms. The average molecular weight is 279 g/mol. The van der Waals surface area contributed by atoms with Crippen LogP contribution in [0, 0.1) is 0 Å². The molecule has 2 heterocycles. The number of nitrogens with zero attached hydrogens (tertiary/aromatic N) is 6. The lowest BCUT2D eigenvalue weighted by Gasteiger charge is -2.17. The van der Waals surface area contributed by atoms with E-state index in [2.05, 4.69) is 31.6 Å². The van der Waals surface area contributed by atoms with Crippen molar-refractivity contribution < 1.29 is 0 Å². The largest absolute Gasteiger partial charge is 0.357 e. The van der Waals surface area contributed by atoms with Gasteiger partial charge in [-0.15, -0.1) is 0 Å². The van der Waals surface area contributed by atoms with Gasteiger partial charge in [-0.3, -0.25) is 0 Å². The van der Waals surface area contributed by atoms with Gasteiger partial charge in [-0.2, -0.15) is 31.8 Å². The van der Waals surface area contributed by atoms with E-state index in [1.54, 1.807) is 35.9 Å². The van der Waals surface area contributed by atoms with Crippen LogP contribution in [0.3, 0.4) is 0 Å². The van der Waals surface area contributed by atoms with Crippen LogP contribution in [-0.4, -0.2) is 57.4 Å². The summed E-state index contributed by atoms with van der Waals surface area (Å²) in [6.45, 7) is 0.882. The van der Waals surface area contributed by atoms with Crippen molar-refractivity contribution in [2.24, 2.45) is 0 Å². The Hall–Kier alpha value is -1.83. The maximum atomic E-state index is 4.43. The molecule has 2 aromatic heterocycles. The second kappa shape index (κ2) is 6.37. The van der Waals surface area contributed by atoms with Crippen LogP contribution in [0.2, 0.25) is 0 Å². The predicted molar refractivity (Wildman–Crippen MR) is 78.1 cm³/mol. The number of thioether (sulfide) groups is 1. The van der Waals surface area contributed by atoms with Crippen molar-refractivity contribution in [2.75, 3.05) is 42.9 Å². The molecule has 19 heavy (non-hydrogen) atoms. The molecule has 0 atom stereocenters. The zero-order valence-corrected chi connectivity index (χ0v) is 12.1. The second-order valence-corrected chi connectivity index (χ2v) is 4.86. The van der Waals surface area contributed by atoms with Crippen molar-refractivity contribution in [1.29, 1.82) is 0 Å². The zero-order valence-electron chi connectivity index (χ0n) is 11.2. The van der Waals surface area contributed by atoms with Crippen molar-refractivity contribution in [3.05, 3.63) is 18.5 Å². The number of hydrogen-bond acceptors (Lipinski definition) is 7. The summed E-state index contributed by atoms with van der Waals surface area (Å²) < 4.78 is 1.62. The van der Waals surface area contributed by atoms with Gasteiger partial charge in [0.05, 0.1) is 0 Å². The Morgan fingerprint density at radius 1 is 1.37 bits per heavy atom. The van der Waals surface area contributed by atoms with Gasteiger partial charge in [-0.25, -0.2) is 4.68 Å². The molecule has 0 unspecified atom stereocenters. The van der Waals surface area contributed by atoms with Crippen LogP contribution in [0.1, 0.15) is 0 Å². The molecule has 7 nitrogen and oxygen atoms in total. The number of aromatic nitrogens is 5. The first-order chi connectivity index (χ1) is 9.24. The lowest BCUT2D eigenvalue weighted by molar-refractivity contribution is 0.782. The van der Waals surface area contributed by atoms with Gasteiger partial charge in [0.15, 0.2) is 0 Å². The van der Waals surface area contributed by atoms with E-state index >= 15 is 0 Å². The van der Waals surface area contributed by atoms with Crippen LogP contribution < -0.4 is 10.2 Å². The van der Waals surface area contributed by atoms with Crippen molar-refractivity contribution in [1.82, 2.24) is 24.7 Å². The first kappa shape index (κ1) is 13.6. The molecule has 0 radical (unpaired) electrons. The summed E-state index contributed by atoms with van der Waals surface area (Å²) in [6.07, 6.45) is 5.58. The van der Waals surface area contributed by atoms with Crippen molar-refractivity contribution in [2.45, 2.75) is 0 Å². The van der Waals surface area contributed by atoms with E-state index in [0.717, 1.165) is 12.3 Å². The Morgan fingerprint density at radius 2 is 2.21 bits per heavy atom. The minimum atomic E-state index is 0.510. The zero-order chi connectivity index (χ0) is 13.7.